The van der Waals surface area contributed by atoms with Crippen molar-refractivity contribution in [3.05, 3.63) is 17.6 Å². The molecular formula is C11H15N3O2S. The summed E-state index contributed by atoms with van der Waals surface area (Å²) in [5.74, 6) is 0.283. The molecule has 0 unspecified atom stereocenters. The van der Waals surface area contributed by atoms with Gasteiger partial charge in [0.15, 0.2) is 0 Å². The highest BCUT2D eigenvalue weighted by Crippen LogP contribution is 2.31. The Bertz CT molecular complexity index is 419. The van der Waals surface area contributed by atoms with Crippen molar-refractivity contribution in [1.82, 2.24) is 9.97 Å². The topological polar surface area (TPSA) is 89.1 Å². The second-order valence-electron chi connectivity index (χ2n) is 4.11. The lowest BCUT2D eigenvalue weighted by Gasteiger charge is -2.08. The van der Waals surface area contributed by atoms with Crippen LogP contribution in [0, 0.1) is 0 Å². The molecule has 0 spiro atoms. The van der Waals surface area contributed by atoms with Crippen LogP contribution in [0.5, 0.6) is 0 Å². The molecule has 1 fully saturated rings. The molecule has 0 bridgehead atoms. The Hall–Kier alpha value is -1.30. The van der Waals surface area contributed by atoms with Crippen molar-refractivity contribution in [1.29, 1.82) is 0 Å². The third-order valence-corrected chi connectivity index (χ3v) is 4.22. The largest absolute Gasteiger partial charge is 0.477 e. The van der Waals surface area contributed by atoms with Gasteiger partial charge in [0.1, 0.15) is 17.2 Å². The fourth-order valence-electron chi connectivity index (χ4n) is 1.92. The van der Waals surface area contributed by atoms with E-state index < -0.39 is 5.97 Å². The molecule has 5 nitrogen and oxygen atoms in total. The van der Waals surface area contributed by atoms with Gasteiger partial charge in [0.05, 0.1) is 5.75 Å². The van der Waals surface area contributed by atoms with Crippen LogP contribution in [0.4, 0.5) is 5.82 Å². The molecule has 0 aromatic carbocycles. The zero-order valence-electron chi connectivity index (χ0n) is 9.43. The van der Waals surface area contributed by atoms with Crippen molar-refractivity contribution >= 4 is 23.5 Å². The molecule has 17 heavy (non-hydrogen) atoms. The Labute approximate surface area is 104 Å². The van der Waals surface area contributed by atoms with E-state index in [1.165, 1.54) is 31.9 Å². The summed E-state index contributed by atoms with van der Waals surface area (Å²) < 4.78 is 0. The van der Waals surface area contributed by atoms with Gasteiger partial charge < -0.3 is 10.8 Å². The Kier molecular flexibility index (Phi) is 3.83. The predicted octanol–water partition coefficient (Wildman–Crippen LogP) is 1.93. The average molecular weight is 253 g/mol. The first kappa shape index (κ1) is 12.2. The van der Waals surface area contributed by atoms with Crippen LogP contribution in [0.15, 0.2) is 6.20 Å². The van der Waals surface area contributed by atoms with Gasteiger partial charge in [-0.25, -0.2) is 14.8 Å². The molecule has 0 amide bonds. The number of aromatic nitrogens is 2. The lowest BCUT2D eigenvalue weighted by molar-refractivity contribution is 0.0697. The number of carbonyl (C=O) groups is 1. The molecular weight excluding hydrogens is 238 g/mol. The van der Waals surface area contributed by atoms with Crippen LogP contribution in [0.3, 0.4) is 0 Å². The molecule has 0 radical (unpaired) electrons. The molecule has 3 N–H and O–H groups in total. The summed E-state index contributed by atoms with van der Waals surface area (Å²) in [4.78, 5) is 18.8. The molecule has 1 aliphatic rings. The van der Waals surface area contributed by atoms with Gasteiger partial charge in [0, 0.05) is 11.4 Å². The standard InChI is InChI=1S/C11H15N3O2S/c12-10-8(11(15)16)5-13-9(14-10)6-17-7-3-1-2-4-7/h5,7H,1-4,6H2,(H,15,16)(H2,12,13,14). The lowest BCUT2D eigenvalue weighted by Crippen LogP contribution is -2.08. The molecule has 0 aliphatic heterocycles. The van der Waals surface area contributed by atoms with E-state index in [1.807, 2.05) is 11.8 Å². The summed E-state index contributed by atoms with van der Waals surface area (Å²) in [7, 11) is 0. The molecule has 92 valence electrons. The van der Waals surface area contributed by atoms with Gasteiger partial charge in [-0.3, -0.25) is 0 Å². The quantitative estimate of drug-likeness (QED) is 0.852. The summed E-state index contributed by atoms with van der Waals surface area (Å²) in [5.41, 5.74) is 5.54. The summed E-state index contributed by atoms with van der Waals surface area (Å²) in [6.45, 7) is 0. The first-order chi connectivity index (χ1) is 8.16. The van der Waals surface area contributed by atoms with Crippen molar-refractivity contribution in [3.8, 4) is 0 Å². The van der Waals surface area contributed by atoms with Crippen LogP contribution in [0.25, 0.3) is 0 Å². The number of hydrogen-bond donors (Lipinski definition) is 2. The predicted molar refractivity (Wildman–Crippen MR) is 67.0 cm³/mol. The van der Waals surface area contributed by atoms with E-state index in [9.17, 15) is 4.79 Å². The van der Waals surface area contributed by atoms with Crippen LogP contribution < -0.4 is 5.73 Å². The Morgan fingerprint density at radius 2 is 2.24 bits per heavy atom. The zero-order valence-corrected chi connectivity index (χ0v) is 10.2. The highest BCUT2D eigenvalue weighted by molar-refractivity contribution is 7.99. The van der Waals surface area contributed by atoms with Crippen LogP contribution >= 0.6 is 11.8 Å². The smallest absolute Gasteiger partial charge is 0.341 e. The molecule has 0 saturated heterocycles. The van der Waals surface area contributed by atoms with E-state index in [0.29, 0.717) is 16.8 Å². The van der Waals surface area contributed by atoms with Crippen molar-refractivity contribution in [2.45, 2.75) is 36.7 Å². The highest BCUT2D eigenvalue weighted by atomic mass is 32.2. The van der Waals surface area contributed by atoms with Gasteiger partial charge in [0.25, 0.3) is 0 Å². The van der Waals surface area contributed by atoms with Gasteiger partial charge >= 0.3 is 5.97 Å². The van der Waals surface area contributed by atoms with Gasteiger partial charge in [-0.05, 0) is 12.8 Å². The fraction of sp³-hybridized carbons (Fsp3) is 0.545. The average Bonchev–Trinajstić information content (AvgIpc) is 2.78. The van der Waals surface area contributed by atoms with Crippen molar-refractivity contribution in [3.63, 3.8) is 0 Å². The number of thioether (sulfide) groups is 1. The number of carboxylic acid groups (broad SMARTS) is 1. The molecule has 2 rings (SSSR count). The van der Waals surface area contributed by atoms with Gasteiger partial charge in [-0.2, -0.15) is 11.8 Å². The minimum absolute atomic E-state index is 0.0281. The zero-order chi connectivity index (χ0) is 12.3. The van der Waals surface area contributed by atoms with Gasteiger partial charge in [-0.1, -0.05) is 12.8 Å². The molecule has 1 aliphatic carbocycles. The molecule has 1 aromatic rings. The normalized spacial score (nSPS) is 16.2. The monoisotopic (exact) mass is 253 g/mol. The maximum atomic E-state index is 10.7. The van der Waals surface area contributed by atoms with E-state index in [4.69, 9.17) is 10.8 Å². The maximum Gasteiger partial charge on any atom is 0.341 e. The van der Waals surface area contributed by atoms with Crippen LogP contribution in [-0.2, 0) is 5.75 Å². The van der Waals surface area contributed by atoms with Crippen LogP contribution in [0.1, 0.15) is 41.9 Å². The number of nitrogens with two attached hydrogens (primary N) is 1. The van der Waals surface area contributed by atoms with E-state index in [-0.39, 0.29) is 11.4 Å². The number of carboxylic acids is 1. The van der Waals surface area contributed by atoms with E-state index >= 15 is 0 Å². The first-order valence-electron chi connectivity index (χ1n) is 5.63. The van der Waals surface area contributed by atoms with E-state index in [1.54, 1.807) is 0 Å². The van der Waals surface area contributed by atoms with Gasteiger partial charge in [0.2, 0.25) is 0 Å². The first-order valence-corrected chi connectivity index (χ1v) is 6.68. The summed E-state index contributed by atoms with van der Waals surface area (Å²) in [6, 6.07) is 0. The Balaban J connectivity index is 1.97. The third-order valence-electron chi connectivity index (χ3n) is 2.85. The number of nitrogen functional groups attached to an aromatic ring is 1. The summed E-state index contributed by atoms with van der Waals surface area (Å²) >= 11 is 1.83. The molecule has 0 atom stereocenters. The number of nitrogens with zero attached hydrogens (tertiary/aromatic N) is 2. The van der Waals surface area contributed by atoms with Crippen molar-refractivity contribution in [2.75, 3.05) is 5.73 Å². The molecule has 1 saturated carbocycles. The lowest BCUT2D eigenvalue weighted by atomic mass is 10.3. The minimum Gasteiger partial charge on any atom is -0.477 e. The van der Waals surface area contributed by atoms with Crippen molar-refractivity contribution in [2.24, 2.45) is 0 Å². The SMILES string of the molecule is Nc1nc(CSC2CCCC2)ncc1C(=O)O. The third kappa shape index (κ3) is 3.09. The van der Waals surface area contributed by atoms with Crippen LogP contribution in [-0.4, -0.2) is 26.3 Å². The molecule has 6 heteroatoms. The van der Waals surface area contributed by atoms with Crippen LogP contribution in [0.2, 0.25) is 0 Å². The number of rotatable bonds is 4. The number of hydrogen-bond acceptors (Lipinski definition) is 5. The van der Waals surface area contributed by atoms with E-state index in [0.717, 1.165) is 0 Å². The minimum atomic E-state index is -1.09. The molecule has 1 heterocycles. The second-order valence-corrected chi connectivity index (χ2v) is 5.40. The van der Waals surface area contributed by atoms with Crippen molar-refractivity contribution < 1.29 is 9.90 Å². The summed E-state index contributed by atoms with van der Waals surface area (Å²) in [6.07, 6.45) is 6.41. The molecule has 1 aromatic heterocycles. The number of aromatic carboxylic acids is 1. The van der Waals surface area contributed by atoms with E-state index in [2.05, 4.69) is 9.97 Å². The maximum absolute atomic E-state index is 10.7. The Morgan fingerprint density at radius 1 is 1.53 bits per heavy atom. The summed E-state index contributed by atoms with van der Waals surface area (Å²) in [5, 5.41) is 9.49. The fourth-order valence-corrected chi connectivity index (χ4v) is 3.11. The van der Waals surface area contributed by atoms with Gasteiger partial charge in [-0.15, -0.1) is 0 Å². The highest BCUT2D eigenvalue weighted by Gasteiger charge is 2.16. The number of anilines is 1. The second kappa shape index (κ2) is 5.35. The Morgan fingerprint density at radius 3 is 2.82 bits per heavy atom.